The molecule has 0 saturated carbocycles. The van der Waals surface area contributed by atoms with Crippen LogP contribution in [0.3, 0.4) is 0 Å². The third-order valence-corrected chi connectivity index (χ3v) is 5.86. The molecule has 3 rings (SSSR count). The summed E-state index contributed by atoms with van der Waals surface area (Å²) in [6.45, 7) is 14.0. The Morgan fingerprint density at radius 3 is 2.50 bits per heavy atom. The molecular weight excluding hydrogens is 430 g/mol. The maximum absolute atomic E-state index is 12.6. The normalized spacial score (nSPS) is 14.4. The van der Waals surface area contributed by atoms with Crippen LogP contribution in [-0.4, -0.2) is 29.2 Å². The molecule has 34 heavy (non-hydrogen) atoms. The fourth-order valence-corrected chi connectivity index (χ4v) is 4.46. The molecule has 1 amide bonds. The van der Waals surface area contributed by atoms with Gasteiger partial charge in [-0.05, 0) is 99.4 Å². The van der Waals surface area contributed by atoms with Gasteiger partial charge in [0.25, 0.3) is 0 Å². The molecule has 0 aliphatic carbocycles. The summed E-state index contributed by atoms with van der Waals surface area (Å²) in [7, 11) is 0. The summed E-state index contributed by atoms with van der Waals surface area (Å²) < 4.78 is 11.9. The summed E-state index contributed by atoms with van der Waals surface area (Å²) in [5, 5.41) is 13.2. The average Bonchev–Trinajstić information content (AvgIpc) is 2.72. The number of rotatable bonds is 7. The van der Waals surface area contributed by atoms with Gasteiger partial charge in [-0.25, -0.2) is 4.79 Å². The fourth-order valence-electron chi connectivity index (χ4n) is 4.46. The minimum atomic E-state index is -1.19. The van der Waals surface area contributed by atoms with Gasteiger partial charge in [0.15, 0.2) is 6.10 Å². The van der Waals surface area contributed by atoms with Gasteiger partial charge in [0.2, 0.25) is 5.91 Å². The smallest absolute Gasteiger partial charge is 0.337 e. The van der Waals surface area contributed by atoms with Gasteiger partial charge in [-0.2, -0.15) is 0 Å². The van der Waals surface area contributed by atoms with E-state index in [1.807, 2.05) is 66.7 Å². The molecule has 1 atom stereocenters. The minimum Gasteiger partial charge on any atom is -0.493 e. The van der Waals surface area contributed by atoms with Crippen LogP contribution in [0.4, 0.5) is 5.69 Å². The summed E-state index contributed by atoms with van der Waals surface area (Å²) >= 11 is 0. The summed E-state index contributed by atoms with van der Waals surface area (Å²) in [4.78, 5) is 25.1. The van der Waals surface area contributed by atoms with Crippen molar-refractivity contribution in [2.45, 2.75) is 79.4 Å². The number of amides is 1. The Kier molecular flexibility index (Phi) is 7.71. The maximum atomic E-state index is 12.6. The quantitative estimate of drug-likeness (QED) is 0.505. The van der Waals surface area contributed by atoms with E-state index in [1.165, 1.54) is 0 Å². The number of ether oxygens (including phenoxy) is 2. The van der Waals surface area contributed by atoms with Gasteiger partial charge in [-0.1, -0.05) is 19.9 Å². The van der Waals surface area contributed by atoms with Crippen molar-refractivity contribution < 1.29 is 24.2 Å². The van der Waals surface area contributed by atoms with Crippen molar-refractivity contribution in [2.75, 3.05) is 11.9 Å². The van der Waals surface area contributed by atoms with Gasteiger partial charge in [0.05, 0.1) is 12.2 Å². The van der Waals surface area contributed by atoms with Crippen molar-refractivity contribution in [3.63, 3.8) is 0 Å². The number of aliphatic carboxylic acids is 1. The highest BCUT2D eigenvalue weighted by atomic mass is 16.5. The lowest BCUT2D eigenvalue weighted by Crippen LogP contribution is -2.28. The summed E-state index contributed by atoms with van der Waals surface area (Å²) in [6, 6.07) is 7.95. The van der Waals surface area contributed by atoms with E-state index in [1.54, 1.807) is 0 Å². The third-order valence-electron chi connectivity index (χ3n) is 5.86. The first-order valence-corrected chi connectivity index (χ1v) is 12.0. The lowest BCUT2D eigenvalue weighted by molar-refractivity contribution is -0.160. The Morgan fingerprint density at radius 1 is 1.18 bits per heavy atom. The number of carboxylic acids is 1. The number of aryl methyl sites for hydroxylation is 2. The van der Waals surface area contributed by atoms with Crippen molar-refractivity contribution in [1.29, 1.82) is 0 Å². The molecule has 1 unspecified atom stereocenters. The van der Waals surface area contributed by atoms with E-state index in [9.17, 15) is 14.7 Å². The predicted molar refractivity (Wildman–Crippen MR) is 134 cm³/mol. The number of nitrogens with one attached hydrogen (secondary N) is 1. The van der Waals surface area contributed by atoms with Gasteiger partial charge in [-0.3, -0.25) is 4.79 Å². The molecule has 2 N–H and O–H groups in total. The second-order valence-corrected chi connectivity index (χ2v) is 10.5. The second-order valence-electron chi connectivity index (χ2n) is 10.5. The molecule has 0 radical (unpaired) electrons. The van der Waals surface area contributed by atoms with Crippen molar-refractivity contribution in [1.82, 2.24) is 0 Å². The zero-order valence-corrected chi connectivity index (χ0v) is 21.4. The number of carboxylic acid groups (broad SMARTS) is 1. The second kappa shape index (κ2) is 10.2. The van der Waals surface area contributed by atoms with Crippen LogP contribution in [0.25, 0.3) is 11.1 Å². The summed E-state index contributed by atoms with van der Waals surface area (Å²) in [5.74, 6) is -0.0607. The molecule has 2 aromatic carbocycles. The monoisotopic (exact) mass is 467 g/mol. The Balaban J connectivity index is 2.22. The number of carbonyl (C=O) groups is 2. The van der Waals surface area contributed by atoms with Crippen LogP contribution in [0.1, 0.15) is 75.8 Å². The van der Waals surface area contributed by atoms with Gasteiger partial charge in [-0.15, -0.1) is 0 Å². The van der Waals surface area contributed by atoms with Gasteiger partial charge < -0.3 is 19.9 Å². The number of hydrogen-bond acceptors (Lipinski definition) is 4. The Bertz CT molecular complexity index is 1080. The van der Waals surface area contributed by atoms with Crippen LogP contribution < -0.4 is 10.1 Å². The number of benzene rings is 2. The summed E-state index contributed by atoms with van der Waals surface area (Å²) in [5.41, 5.74) is 4.94. The Hall–Kier alpha value is -2.86. The molecule has 184 valence electrons. The molecule has 0 saturated heterocycles. The van der Waals surface area contributed by atoms with E-state index >= 15 is 0 Å². The average molecular weight is 468 g/mol. The first kappa shape index (κ1) is 25.8. The standard InChI is InChI=1S/C28H37NO5/c1-16(2)13-23(30)29-21-14-17(3)24(20-10-11-22-19(15-20)9-8-12-33-22)25(18(21)4)26(27(31)32)34-28(5,6)7/h10-11,14-16,26H,8-9,12-13H2,1-7H3,(H,29,30)(H,31,32). The molecule has 0 fully saturated rings. The number of hydrogen-bond donors (Lipinski definition) is 2. The van der Waals surface area contributed by atoms with Crippen molar-refractivity contribution in [3.05, 3.63) is 46.5 Å². The van der Waals surface area contributed by atoms with Crippen LogP contribution in [0.2, 0.25) is 0 Å². The van der Waals surface area contributed by atoms with Gasteiger partial charge in [0, 0.05) is 17.7 Å². The molecule has 6 nitrogen and oxygen atoms in total. The Labute approximate surface area is 202 Å². The molecule has 6 heteroatoms. The van der Waals surface area contributed by atoms with Crippen LogP contribution in [0.5, 0.6) is 5.75 Å². The van der Waals surface area contributed by atoms with E-state index in [0.29, 0.717) is 29.8 Å². The van der Waals surface area contributed by atoms with Gasteiger partial charge >= 0.3 is 5.97 Å². The number of carbonyl (C=O) groups excluding carboxylic acids is 1. The highest BCUT2D eigenvalue weighted by molar-refractivity contribution is 5.94. The molecule has 1 heterocycles. The van der Waals surface area contributed by atoms with Crippen LogP contribution in [0.15, 0.2) is 24.3 Å². The van der Waals surface area contributed by atoms with E-state index in [-0.39, 0.29) is 11.8 Å². The Morgan fingerprint density at radius 2 is 1.88 bits per heavy atom. The third kappa shape index (κ3) is 5.98. The fraction of sp³-hybridized carbons (Fsp3) is 0.500. The first-order chi connectivity index (χ1) is 15.9. The molecular formula is C28H37NO5. The van der Waals surface area contributed by atoms with Crippen molar-refractivity contribution in [2.24, 2.45) is 5.92 Å². The van der Waals surface area contributed by atoms with Crippen LogP contribution in [-0.2, 0) is 20.7 Å². The lowest BCUT2D eigenvalue weighted by atomic mass is 9.86. The SMILES string of the molecule is Cc1cc(NC(=O)CC(C)C)c(C)c(C(OC(C)(C)C)C(=O)O)c1-c1ccc2c(c1)CCCO2. The molecule has 0 aromatic heterocycles. The highest BCUT2D eigenvalue weighted by Crippen LogP contribution is 2.42. The summed E-state index contributed by atoms with van der Waals surface area (Å²) in [6.07, 6.45) is 1.07. The predicted octanol–water partition coefficient (Wildman–Crippen LogP) is 6.22. The molecule has 1 aliphatic rings. The highest BCUT2D eigenvalue weighted by Gasteiger charge is 2.32. The molecule has 0 bridgehead atoms. The zero-order valence-electron chi connectivity index (χ0n) is 21.4. The maximum Gasteiger partial charge on any atom is 0.337 e. The van der Waals surface area contributed by atoms with Crippen LogP contribution in [0, 0.1) is 19.8 Å². The van der Waals surface area contributed by atoms with E-state index in [0.717, 1.165) is 40.8 Å². The van der Waals surface area contributed by atoms with E-state index < -0.39 is 17.7 Å². The topological polar surface area (TPSA) is 84.9 Å². The van der Waals surface area contributed by atoms with Gasteiger partial charge in [0.1, 0.15) is 5.75 Å². The number of fused-ring (bicyclic) bond motifs is 1. The van der Waals surface area contributed by atoms with Crippen molar-refractivity contribution >= 4 is 17.6 Å². The van der Waals surface area contributed by atoms with Crippen molar-refractivity contribution in [3.8, 4) is 16.9 Å². The lowest BCUT2D eigenvalue weighted by Gasteiger charge is -2.30. The number of anilines is 1. The largest absolute Gasteiger partial charge is 0.493 e. The molecule has 0 spiro atoms. The minimum absolute atomic E-state index is 0.0919. The van der Waals surface area contributed by atoms with Crippen LogP contribution >= 0.6 is 0 Å². The van der Waals surface area contributed by atoms with E-state index in [4.69, 9.17) is 9.47 Å². The zero-order chi connectivity index (χ0) is 25.2. The first-order valence-electron chi connectivity index (χ1n) is 12.0. The van der Waals surface area contributed by atoms with E-state index in [2.05, 4.69) is 11.4 Å². The molecule has 2 aromatic rings. The molecule has 1 aliphatic heterocycles.